The Morgan fingerprint density at radius 2 is 2.25 bits per heavy atom. The van der Waals surface area contributed by atoms with Crippen molar-refractivity contribution in [2.24, 2.45) is 0 Å². The van der Waals surface area contributed by atoms with Gasteiger partial charge in [-0.15, -0.1) is 0 Å². The molecule has 6 nitrogen and oxygen atoms in total. The molecule has 0 N–H and O–H groups in total. The van der Waals surface area contributed by atoms with Gasteiger partial charge in [0.25, 0.3) is 0 Å². The van der Waals surface area contributed by atoms with E-state index in [9.17, 15) is 9.59 Å². The molecule has 2 amide bonds. The molecule has 1 aromatic rings. The van der Waals surface area contributed by atoms with Gasteiger partial charge in [-0.25, -0.2) is 9.78 Å². The van der Waals surface area contributed by atoms with Crippen LogP contribution in [0.15, 0.2) is 18.3 Å². The van der Waals surface area contributed by atoms with Gasteiger partial charge in [0, 0.05) is 24.8 Å². The number of likely N-dealkylation sites (tertiary alicyclic amines) is 1. The van der Waals surface area contributed by atoms with Crippen LogP contribution in [0.3, 0.4) is 0 Å². The number of anilines is 1. The number of rotatable bonds is 5. The highest BCUT2D eigenvalue weighted by Gasteiger charge is 2.31. The number of carbonyl (C=O) groups excluding carboxylic acids is 2. The molecule has 1 aromatic heterocycles. The molecule has 0 aliphatic carbocycles. The minimum absolute atomic E-state index is 0.0343. The van der Waals surface area contributed by atoms with Crippen LogP contribution in [0, 0.1) is 0 Å². The minimum Gasteiger partial charge on any atom is -0.443 e. The van der Waals surface area contributed by atoms with E-state index in [1.54, 1.807) is 16.0 Å². The van der Waals surface area contributed by atoms with Crippen LogP contribution in [-0.2, 0) is 9.53 Å². The van der Waals surface area contributed by atoms with Gasteiger partial charge in [0.1, 0.15) is 11.4 Å². The lowest BCUT2D eigenvalue weighted by molar-refractivity contribution is -0.118. The molecule has 1 aliphatic heterocycles. The monoisotopic (exact) mass is 333 g/mol. The van der Waals surface area contributed by atoms with Gasteiger partial charge in [-0.3, -0.25) is 9.69 Å². The topological polar surface area (TPSA) is 62.7 Å². The predicted molar refractivity (Wildman–Crippen MR) is 92.9 cm³/mol. The second kappa shape index (κ2) is 7.64. The molecule has 0 aromatic carbocycles. The Bertz CT molecular complexity index is 583. The molecule has 6 heteroatoms. The van der Waals surface area contributed by atoms with Crippen LogP contribution >= 0.6 is 0 Å². The number of carbonyl (C=O) groups is 2. The van der Waals surface area contributed by atoms with Crippen LogP contribution in [0.5, 0.6) is 0 Å². The highest BCUT2D eigenvalue weighted by Crippen LogP contribution is 2.35. The smallest absolute Gasteiger partial charge is 0.416 e. The molecule has 1 atom stereocenters. The van der Waals surface area contributed by atoms with Crippen molar-refractivity contribution >= 4 is 18.3 Å². The Morgan fingerprint density at radius 1 is 1.50 bits per heavy atom. The summed E-state index contributed by atoms with van der Waals surface area (Å²) in [5.74, 6) is 0.590. The fourth-order valence-electron chi connectivity index (χ4n) is 2.97. The van der Waals surface area contributed by atoms with E-state index in [0.717, 1.165) is 37.8 Å². The summed E-state index contributed by atoms with van der Waals surface area (Å²) in [6, 6.07) is 3.76. The third-order valence-corrected chi connectivity index (χ3v) is 3.92. The molecular weight excluding hydrogens is 306 g/mol. The summed E-state index contributed by atoms with van der Waals surface area (Å²) in [6.07, 6.45) is 4.78. The number of ether oxygens (including phenoxy) is 1. The van der Waals surface area contributed by atoms with E-state index in [2.05, 4.69) is 4.98 Å². The molecular formula is C18H27N3O3. The average molecular weight is 333 g/mol. The lowest BCUT2D eigenvalue weighted by Gasteiger charge is -2.30. The van der Waals surface area contributed by atoms with Crippen molar-refractivity contribution in [1.29, 1.82) is 0 Å². The van der Waals surface area contributed by atoms with Gasteiger partial charge in [-0.05, 0) is 46.1 Å². The first kappa shape index (κ1) is 18.2. The molecule has 24 heavy (non-hydrogen) atoms. The number of nitrogens with zero attached hydrogens (tertiary/aromatic N) is 3. The maximum absolute atomic E-state index is 12.6. The second-order valence-corrected chi connectivity index (χ2v) is 7.05. The first-order valence-electron chi connectivity index (χ1n) is 8.54. The Morgan fingerprint density at radius 3 is 2.88 bits per heavy atom. The van der Waals surface area contributed by atoms with E-state index < -0.39 is 11.7 Å². The molecule has 0 unspecified atom stereocenters. The lowest BCUT2D eigenvalue weighted by Crippen LogP contribution is -2.39. The van der Waals surface area contributed by atoms with Gasteiger partial charge in [0.2, 0.25) is 6.41 Å². The van der Waals surface area contributed by atoms with Crippen LogP contribution in [0.1, 0.15) is 58.6 Å². The third kappa shape index (κ3) is 4.24. The van der Waals surface area contributed by atoms with Gasteiger partial charge >= 0.3 is 6.09 Å². The largest absolute Gasteiger partial charge is 0.443 e. The van der Waals surface area contributed by atoms with Gasteiger partial charge in [0.05, 0.1) is 6.04 Å². The van der Waals surface area contributed by atoms with E-state index in [1.807, 2.05) is 39.8 Å². The number of hydrogen-bond acceptors (Lipinski definition) is 4. The van der Waals surface area contributed by atoms with Crippen molar-refractivity contribution in [2.75, 3.05) is 18.0 Å². The maximum atomic E-state index is 12.6. The van der Waals surface area contributed by atoms with E-state index in [0.29, 0.717) is 12.4 Å². The Labute approximate surface area is 143 Å². The van der Waals surface area contributed by atoms with Crippen molar-refractivity contribution < 1.29 is 14.3 Å². The van der Waals surface area contributed by atoms with Gasteiger partial charge in [-0.2, -0.15) is 0 Å². The first-order chi connectivity index (χ1) is 11.4. The number of amides is 2. The zero-order valence-corrected chi connectivity index (χ0v) is 15.0. The quantitative estimate of drug-likeness (QED) is 0.773. The summed E-state index contributed by atoms with van der Waals surface area (Å²) in [5.41, 5.74) is 0.335. The SMILES string of the molecule is CCCN(C(=O)OC(C)(C)C)c1ncccc1[C@H]1CCCN1C=O. The van der Waals surface area contributed by atoms with E-state index in [-0.39, 0.29) is 6.04 Å². The van der Waals surface area contributed by atoms with Crippen LogP contribution in [0.4, 0.5) is 10.6 Å². The summed E-state index contributed by atoms with van der Waals surface area (Å²) in [4.78, 5) is 31.8. The molecule has 0 spiro atoms. The summed E-state index contributed by atoms with van der Waals surface area (Å²) < 4.78 is 5.54. The lowest BCUT2D eigenvalue weighted by atomic mass is 10.1. The van der Waals surface area contributed by atoms with Crippen LogP contribution in [0.25, 0.3) is 0 Å². The second-order valence-electron chi connectivity index (χ2n) is 7.05. The number of pyridine rings is 1. The molecule has 2 heterocycles. The standard InChI is InChI=1S/C18H27N3O3/c1-5-11-21(17(23)24-18(2,3)4)16-14(8-6-10-19-16)15-9-7-12-20(15)13-22/h6,8,10,13,15H,5,7,9,11-12H2,1-4H3/t15-/m1/s1. The van der Waals surface area contributed by atoms with Gasteiger partial charge < -0.3 is 9.64 Å². The Hall–Kier alpha value is -2.11. The number of aromatic nitrogens is 1. The zero-order valence-electron chi connectivity index (χ0n) is 15.0. The normalized spacial score (nSPS) is 17.7. The van der Waals surface area contributed by atoms with Crippen LogP contribution in [-0.4, -0.2) is 41.1 Å². The van der Waals surface area contributed by atoms with E-state index in [1.165, 1.54) is 0 Å². The molecule has 0 radical (unpaired) electrons. The zero-order chi connectivity index (χ0) is 17.7. The summed E-state index contributed by atoms with van der Waals surface area (Å²) >= 11 is 0. The average Bonchev–Trinajstić information content (AvgIpc) is 2.99. The summed E-state index contributed by atoms with van der Waals surface area (Å²) in [5, 5.41) is 0. The maximum Gasteiger partial charge on any atom is 0.416 e. The molecule has 132 valence electrons. The van der Waals surface area contributed by atoms with Crippen molar-refractivity contribution in [2.45, 2.75) is 58.6 Å². The summed E-state index contributed by atoms with van der Waals surface area (Å²) in [7, 11) is 0. The Balaban J connectivity index is 2.36. The van der Waals surface area contributed by atoms with Crippen molar-refractivity contribution in [3.05, 3.63) is 23.9 Å². The fraction of sp³-hybridized carbons (Fsp3) is 0.611. The minimum atomic E-state index is -0.569. The molecule has 0 bridgehead atoms. The molecule has 1 aliphatic rings. The van der Waals surface area contributed by atoms with Gasteiger partial charge in [-0.1, -0.05) is 13.0 Å². The van der Waals surface area contributed by atoms with Crippen molar-refractivity contribution in [3.63, 3.8) is 0 Å². The summed E-state index contributed by atoms with van der Waals surface area (Å²) in [6.45, 7) is 8.81. The molecule has 2 rings (SSSR count). The highest BCUT2D eigenvalue weighted by atomic mass is 16.6. The van der Waals surface area contributed by atoms with Crippen LogP contribution < -0.4 is 4.90 Å². The van der Waals surface area contributed by atoms with E-state index >= 15 is 0 Å². The molecule has 0 saturated carbocycles. The van der Waals surface area contributed by atoms with Crippen LogP contribution in [0.2, 0.25) is 0 Å². The fourth-order valence-corrected chi connectivity index (χ4v) is 2.97. The molecule has 1 fully saturated rings. The van der Waals surface area contributed by atoms with Gasteiger partial charge in [0.15, 0.2) is 0 Å². The molecule has 1 saturated heterocycles. The van der Waals surface area contributed by atoms with Crippen molar-refractivity contribution in [3.8, 4) is 0 Å². The third-order valence-electron chi connectivity index (χ3n) is 3.92. The predicted octanol–water partition coefficient (Wildman–Crippen LogP) is 3.53. The van der Waals surface area contributed by atoms with E-state index in [4.69, 9.17) is 4.74 Å². The van der Waals surface area contributed by atoms with Crippen molar-refractivity contribution in [1.82, 2.24) is 9.88 Å². The Kier molecular flexibility index (Phi) is 5.80. The number of hydrogen-bond donors (Lipinski definition) is 0. The first-order valence-corrected chi connectivity index (χ1v) is 8.54. The highest BCUT2D eigenvalue weighted by molar-refractivity contribution is 5.87.